The van der Waals surface area contributed by atoms with Gasteiger partial charge in [0.25, 0.3) is 5.69 Å². The number of carboxylic acids is 1. The molecule has 6 nitrogen and oxygen atoms in total. The molecule has 0 atom stereocenters. The Morgan fingerprint density at radius 2 is 2.31 bits per heavy atom. The molecule has 0 fully saturated rings. The van der Waals surface area contributed by atoms with Gasteiger partial charge in [0, 0.05) is 22.3 Å². The normalized spacial score (nSPS) is 11.2. The lowest BCUT2D eigenvalue weighted by Gasteiger charge is -1.98. The van der Waals surface area contributed by atoms with E-state index in [1.165, 1.54) is 19.2 Å². The van der Waals surface area contributed by atoms with Crippen LogP contribution >= 0.6 is 15.9 Å². The number of rotatable bonds is 3. The van der Waals surface area contributed by atoms with Crippen molar-refractivity contribution in [3.8, 4) is 0 Å². The molecule has 16 heavy (non-hydrogen) atoms. The quantitative estimate of drug-likeness (QED) is 0.522. The molecule has 84 valence electrons. The van der Waals surface area contributed by atoms with Gasteiger partial charge in [0.1, 0.15) is 5.69 Å². The zero-order chi connectivity index (χ0) is 12.3. The van der Waals surface area contributed by atoms with E-state index in [0.29, 0.717) is 4.47 Å². The lowest BCUT2D eigenvalue weighted by molar-refractivity contribution is -0.385. The predicted octanol–water partition coefficient (Wildman–Crippen LogP) is 2.24. The summed E-state index contributed by atoms with van der Waals surface area (Å²) >= 11 is 3.06. The molecule has 0 spiro atoms. The molecule has 0 saturated carbocycles. The molecule has 0 aliphatic rings. The summed E-state index contributed by atoms with van der Waals surface area (Å²) in [7, 11) is 0. The van der Waals surface area contributed by atoms with Crippen molar-refractivity contribution in [3.05, 3.63) is 38.1 Å². The van der Waals surface area contributed by atoms with Gasteiger partial charge in [-0.05, 0) is 28.9 Å². The summed E-state index contributed by atoms with van der Waals surface area (Å²) < 4.78 is 0.462. The molecule has 1 rings (SSSR count). The second-order valence-electron chi connectivity index (χ2n) is 2.95. The highest BCUT2D eigenvalue weighted by Crippen LogP contribution is 2.23. The van der Waals surface area contributed by atoms with Crippen molar-refractivity contribution in [2.45, 2.75) is 6.92 Å². The van der Waals surface area contributed by atoms with Crippen molar-refractivity contribution < 1.29 is 14.8 Å². The predicted molar refractivity (Wildman–Crippen MR) is 59.9 cm³/mol. The van der Waals surface area contributed by atoms with Gasteiger partial charge in [-0.3, -0.25) is 10.1 Å². The van der Waals surface area contributed by atoms with E-state index in [4.69, 9.17) is 5.11 Å². The monoisotopic (exact) mass is 286 g/mol. The van der Waals surface area contributed by atoms with Crippen LogP contribution < -0.4 is 0 Å². The number of nitro groups is 1. The number of carboxylic acid groups (broad SMARTS) is 1. The third-order valence-corrected chi connectivity index (χ3v) is 2.18. The average Bonchev–Trinajstić information content (AvgIpc) is 2.20. The Labute approximate surface area is 98.9 Å². The molecule has 1 aromatic rings. The van der Waals surface area contributed by atoms with Gasteiger partial charge in [-0.2, -0.15) is 0 Å². The molecule has 0 aliphatic heterocycles. The first-order valence-electron chi connectivity index (χ1n) is 4.13. The zero-order valence-corrected chi connectivity index (χ0v) is 9.76. The second kappa shape index (κ2) is 4.84. The van der Waals surface area contributed by atoms with E-state index in [-0.39, 0.29) is 17.0 Å². The van der Waals surface area contributed by atoms with Crippen LogP contribution in [0.4, 0.5) is 5.69 Å². The van der Waals surface area contributed by atoms with Crippen LogP contribution in [0, 0.1) is 10.1 Å². The number of hydrogen-bond acceptors (Lipinski definition) is 4. The first kappa shape index (κ1) is 12.3. The summed E-state index contributed by atoms with van der Waals surface area (Å²) in [5.74, 6) is -1.14. The SMILES string of the molecule is C/C(=C\c1ncc(Br)cc1[N+](=O)[O-])C(=O)O. The lowest BCUT2D eigenvalue weighted by atomic mass is 10.2. The van der Waals surface area contributed by atoms with E-state index in [9.17, 15) is 14.9 Å². The Bertz CT molecular complexity index is 484. The Balaban J connectivity index is 3.29. The second-order valence-corrected chi connectivity index (χ2v) is 3.86. The van der Waals surface area contributed by atoms with E-state index in [0.717, 1.165) is 6.08 Å². The number of aromatic nitrogens is 1. The van der Waals surface area contributed by atoms with Gasteiger partial charge in [-0.1, -0.05) is 0 Å². The molecule has 1 aromatic heterocycles. The minimum absolute atomic E-state index is 0.0158. The van der Waals surface area contributed by atoms with E-state index < -0.39 is 10.9 Å². The van der Waals surface area contributed by atoms with Crippen LogP contribution in [0.25, 0.3) is 6.08 Å². The fourth-order valence-corrected chi connectivity index (χ4v) is 1.28. The molecule has 0 aliphatic carbocycles. The summed E-state index contributed by atoms with van der Waals surface area (Å²) in [6.45, 7) is 1.34. The van der Waals surface area contributed by atoms with E-state index in [1.807, 2.05) is 0 Å². The number of nitrogens with zero attached hydrogens (tertiary/aromatic N) is 2. The molecule has 1 heterocycles. The first-order chi connectivity index (χ1) is 7.41. The maximum atomic E-state index is 10.7. The molecule has 1 N–H and O–H groups in total. The van der Waals surface area contributed by atoms with Gasteiger partial charge >= 0.3 is 5.97 Å². The topological polar surface area (TPSA) is 93.3 Å². The van der Waals surface area contributed by atoms with Crippen molar-refractivity contribution >= 4 is 33.7 Å². The third kappa shape index (κ3) is 2.86. The van der Waals surface area contributed by atoms with Crippen molar-refractivity contribution in [1.82, 2.24) is 4.98 Å². The first-order valence-corrected chi connectivity index (χ1v) is 4.92. The van der Waals surface area contributed by atoms with Gasteiger partial charge in [0.05, 0.1) is 4.92 Å². The molecule has 0 unspecified atom stereocenters. The van der Waals surface area contributed by atoms with E-state index in [1.54, 1.807) is 0 Å². The number of carbonyl (C=O) groups is 1. The van der Waals surface area contributed by atoms with Gasteiger partial charge in [0.15, 0.2) is 0 Å². The zero-order valence-electron chi connectivity index (χ0n) is 8.18. The molecular formula is C9H7BrN2O4. The average molecular weight is 287 g/mol. The summed E-state index contributed by atoms with van der Waals surface area (Å²) in [6.07, 6.45) is 2.53. The molecule has 0 bridgehead atoms. The van der Waals surface area contributed by atoms with Crippen LogP contribution in [-0.4, -0.2) is 21.0 Å². The Morgan fingerprint density at radius 1 is 1.69 bits per heavy atom. The van der Waals surface area contributed by atoms with Gasteiger partial charge < -0.3 is 5.11 Å². The van der Waals surface area contributed by atoms with Crippen molar-refractivity contribution in [2.75, 3.05) is 0 Å². The highest BCUT2D eigenvalue weighted by atomic mass is 79.9. The minimum atomic E-state index is -1.14. The minimum Gasteiger partial charge on any atom is -0.478 e. The summed E-state index contributed by atoms with van der Waals surface area (Å²) in [5, 5.41) is 19.3. The van der Waals surface area contributed by atoms with Crippen LogP contribution in [0.5, 0.6) is 0 Å². The van der Waals surface area contributed by atoms with Gasteiger partial charge in [-0.15, -0.1) is 0 Å². The van der Waals surface area contributed by atoms with Crippen molar-refractivity contribution in [3.63, 3.8) is 0 Å². The van der Waals surface area contributed by atoms with Crippen molar-refractivity contribution in [2.24, 2.45) is 0 Å². The number of hydrogen-bond donors (Lipinski definition) is 1. The Hall–Kier alpha value is -1.76. The van der Waals surface area contributed by atoms with Gasteiger partial charge in [-0.25, -0.2) is 9.78 Å². The molecule has 0 amide bonds. The van der Waals surface area contributed by atoms with Crippen LogP contribution in [0.2, 0.25) is 0 Å². The van der Waals surface area contributed by atoms with Crippen LogP contribution in [-0.2, 0) is 4.79 Å². The van der Waals surface area contributed by atoms with Crippen LogP contribution in [0.3, 0.4) is 0 Å². The molecule has 0 radical (unpaired) electrons. The number of aliphatic carboxylic acids is 1. The van der Waals surface area contributed by atoms with Crippen LogP contribution in [0.15, 0.2) is 22.3 Å². The maximum absolute atomic E-state index is 10.7. The largest absolute Gasteiger partial charge is 0.478 e. The lowest BCUT2D eigenvalue weighted by Crippen LogP contribution is -1.99. The fourth-order valence-electron chi connectivity index (χ4n) is 0.963. The molecule has 7 heteroatoms. The fraction of sp³-hybridized carbons (Fsp3) is 0.111. The Kier molecular flexibility index (Phi) is 3.73. The summed E-state index contributed by atoms with van der Waals surface area (Å²) in [4.78, 5) is 24.5. The van der Waals surface area contributed by atoms with E-state index >= 15 is 0 Å². The standard InChI is InChI=1S/C9H7BrN2O4/c1-5(9(13)14)2-7-8(12(15)16)3-6(10)4-11-7/h2-4H,1H3,(H,13,14)/b5-2+. The Morgan fingerprint density at radius 3 is 2.81 bits per heavy atom. The van der Waals surface area contributed by atoms with Crippen molar-refractivity contribution in [1.29, 1.82) is 0 Å². The van der Waals surface area contributed by atoms with Gasteiger partial charge in [0.2, 0.25) is 0 Å². The highest BCUT2D eigenvalue weighted by Gasteiger charge is 2.15. The molecular weight excluding hydrogens is 280 g/mol. The summed E-state index contributed by atoms with van der Waals surface area (Å²) in [5.41, 5.74) is -0.235. The van der Waals surface area contributed by atoms with E-state index in [2.05, 4.69) is 20.9 Å². The van der Waals surface area contributed by atoms with Crippen LogP contribution in [0.1, 0.15) is 12.6 Å². The third-order valence-electron chi connectivity index (χ3n) is 1.75. The molecule has 0 aromatic carbocycles. The highest BCUT2D eigenvalue weighted by molar-refractivity contribution is 9.10. The summed E-state index contributed by atoms with van der Waals surface area (Å²) in [6, 6.07) is 1.27. The smallest absolute Gasteiger partial charge is 0.331 e. The maximum Gasteiger partial charge on any atom is 0.331 e. The number of halogens is 1. The number of pyridine rings is 1. The molecule has 0 saturated heterocycles.